The normalized spacial score (nSPS) is 45.2. The van der Waals surface area contributed by atoms with Crippen LogP contribution in [0.15, 0.2) is 23.3 Å². The first-order chi connectivity index (χ1) is 14.1. The Balaban J connectivity index is 1.55. The van der Waals surface area contributed by atoms with Crippen LogP contribution in [0.3, 0.4) is 0 Å². The van der Waals surface area contributed by atoms with E-state index in [4.69, 9.17) is 0 Å². The zero-order valence-electron chi connectivity index (χ0n) is 20.3. The molecule has 0 aliphatic heterocycles. The number of aliphatic hydroxyl groups excluding tert-OH is 2. The predicted molar refractivity (Wildman–Crippen MR) is 125 cm³/mol. The molecule has 0 radical (unpaired) electrons. The van der Waals surface area contributed by atoms with E-state index in [1.54, 1.807) is 5.57 Å². The standard InChI is InChI=1S/C28H46O2/c1-17(2)18(3)7-8-19(4)23-11-12-24-22-10-9-20-15-21(29)16-26(30)28(20,6)25(22)13-14-27(23,24)5/h9-10,17-19,21,23-26,29-30H,7-8,11-16H2,1-6H3/t18?,19?,21-,23?,24?,25?,26+,27?,28?/m1/s1. The highest BCUT2D eigenvalue weighted by molar-refractivity contribution is 5.40. The third kappa shape index (κ3) is 3.45. The largest absolute Gasteiger partial charge is 0.393 e. The summed E-state index contributed by atoms with van der Waals surface area (Å²) < 4.78 is 0. The Labute approximate surface area is 185 Å². The van der Waals surface area contributed by atoms with Gasteiger partial charge in [0.25, 0.3) is 0 Å². The molecule has 4 aliphatic carbocycles. The van der Waals surface area contributed by atoms with Crippen molar-refractivity contribution in [1.82, 2.24) is 0 Å². The molecule has 9 atom stereocenters. The maximum absolute atomic E-state index is 11.1. The van der Waals surface area contributed by atoms with Gasteiger partial charge >= 0.3 is 0 Å². The molecule has 0 spiro atoms. The van der Waals surface area contributed by atoms with Gasteiger partial charge in [-0.3, -0.25) is 0 Å². The van der Waals surface area contributed by atoms with Crippen molar-refractivity contribution in [2.75, 3.05) is 0 Å². The van der Waals surface area contributed by atoms with Gasteiger partial charge in [0.1, 0.15) is 0 Å². The van der Waals surface area contributed by atoms with E-state index in [9.17, 15) is 10.2 Å². The fraction of sp³-hybridized carbons (Fsp3) is 0.857. The molecule has 170 valence electrons. The average molecular weight is 415 g/mol. The van der Waals surface area contributed by atoms with Crippen molar-refractivity contribution < 1.29 is 10.2 Å². The van der Waals surface area contributed by atoms with Crippen molar-refractivity contribution in [2.45, 2.75) is 105 Å². The smallest absolute Gasteiger partial charge is 0.0661 e. The Morgan fingerprint density at radius 1 is 0.967 bits per heavy atom. The SMILES string of the molecule is CC(C)C(C)CCC(C)C1CCC2C3=CC=C4C[C@@H](O)C[C@H](O)C4(C)C3CCC21C. The number of rotatable bonds is 5. The molecule has 0 aromatic carbocycles. The first kappa shape index (κ1) is 22.6. The summed E-state index contributed by atoms with van der Waals surface area (Å²) in [6.07, 6.45) is 13.1. The van der Waals surface area contributed by atoms with E-state index in [0.717, 1.165) is 30.1 Å². The number of aliphatic hydroxyl groups is 2. The fourth-order valence-corrected chi connectivity index (χ4v) is 8.08. The van der Waals surface area contributed by atoms with Crippen LogP contribution < -0.4 is 0 Å². The van der Waals surface area contributed by atoms with E-state index < -0.39 is 6.10 Å². The fourth-order valence-electron chi connectivity index (χ4n) is 8.08. The highest BCUT2D eigenvalue weighted by Crippen LogP contribution is 2.66. The van der Waals surface area contributed by atoms with Crippen molar-refractivity contribution in [3.05, 3.63) is 23.3 Å². The van der Waals surface area contributed by atoms with Gasteiger partial charge in [0.05, 0.1) is 12.2 Å². The van der Waals surface area contributed by atoms with E-state index in [1.807, 2.05) is 0 Å². The lowest BCUT2D eigenvalue weighted by Gasteiger charge is -2.56. The monoisotopic (exact) mass is 414 g/mol. The zero-order valence-corrected chi connectivity index (χ0v) is 20.3. The quantitative estimate of drug-likeness (QED) is 0.537. The average Bonchev–Trinajstić information content (AvgIpc) is 3.04. The Morgan fingerprint density at radius 2 is 1.70 bits per heavy atom. The van der Waals surface area contributed by atoms with Crippen molar-refractivity contribution in [3.63, 3.8) is 0 Å². The molecule has 30 heavy (non-hydrogen) atoms. The van der Waals surface area contributed by atoms with Crippen LogP contribution in [0, 0.1) is 46.3 Å². The Hall–Kier alpha value is -0.600. The highest BCUT2D eigenvalue weighted by atomic mass is 16.3. The molecule has 3 saturated carbocycles. The van der Waals surface area contributed by atoms with Gasteiger partial charge in [-0.25, -0.2) is 0 Å². The number of hydrogen-bond acceptors (Lipinski definition) is 2. The maximum Gasteiger partial charge on any atom is 0.0661 e. The highest BCUT2D eigenvalue weighted by Gasteiger charge is 2.58. The summed E-state index contributed by atoms with van der Waals surface area (Å²) in [6.45, 7) is 14.6. The lowest BCUT2D eigenvalue weighted by molar-refractivity contribution is -0.0545. The van der Waals surface area contributed by atoms with Gasteiger partial charge in [0.2, 0.25) is 0 Å². The molecule has 0 aromatic rings. The molecule has 0 aromatic heterocycles. The summed E-state index contributed by atoms with van der Waals surface area (Å²) in [5.74, 6) is 4.39. The van der Waals surface area contributed by atoms with Crippen LogP contribution in [0.2, 0.25) is 0 Å². The number of hydrogen-bond donors (Lipinski definition) is 2. The molecule has 0 amide bonds. The van der Waals surface area contributed by atoms with Crippen molar-refractivity contribution in [3.8, 4) is 0 Å². The number of allylic oxidation sites excluding steroid dienone is 3. The minimum atomic E-state index is -0.417. The van der Waals surface area contributed by atoms with Gasteiger partial charge in [0, 0.05) is 11.8 Å². The van der Waals surface area contributed by atoms with Crippen molar-refractivity contribution in [2.24, 2.45) is 46.3 Å². The molecule has 0 bridgehead atoms. The lowest BCUT2D eigenvalue weighted by atomic mass is 9.49. The van der Waals surface area contributed by atoms with E-state index >= 15 is 0 Å². The molecule has 2 heteroatoms. The lowest BCUT2D eigenvalue weighted by Crippen LogP contribution is -2.52. The third-order valence-electron chi connectivity index (χ3n) is 10.6. The Kier molecular flexibility index (Phi) is 6.08. The van der Waals surface area contributed by atoms with E-state index in [0.29, 0.717) is 23.7 Å². The topological polar surface area (TPSA) is 40.5 Å². The molecule has 0 saturated heterocycles. The van der Waals surface area contributed by atoms with Crippen LogP contribution in [0.4, 0.5) is 0 Å². The second-order valence-corrected chi connectivity index (χ2v) is 12.4. The molecule has 7 unspecified atom stereocenters. The summed E-state index contributed by atoms with van der Waals surface area (Å²) in [6, 6.07) is 0. The minimum Gasteiger partial charge on any atom is -0.393 e. The van der Waals surface area contributed by atoms with Gasteiger partial charge in [-0.05, 0) is 73.0 Å². The summed E-state index contributed by atoms with van der Waals surface area (Å²) in [5, 5.41) is 21.3. The first-order valence-electron chi connectivity index (χ1n) is 12.9. The van der Waals surface area contributed by atoms with Crippen LogP contribution in [-0.2, 0) is 0 Å². The summed E-state index contributed by atoms with van der Waals surface area (Å²) >= 11 is 0. The van der Waals surface area contributed by atoms with E-state index in [2.05, 4.69) is 53.7 Å². The summed E-state index contributed by atoms with van der Waals surface area (Å²) in [7, 11) is 0. The second-order valence-electron chi connectivity index (χ2n) is 12.4. The van der Waals surface area contributed by atoms with Crippen LogP contribution in [0.25, 0.3) is 0 Å². The molecule has 2 N–H and O–H groups in total. The van der Waals surface area contributed by atoms with Gasteiger partial charge in [0.15, 0.2) is 0 Å². The van der Waals surface area contributed by atoms with Gasteiger partial charge in [-0.15, -0.1) is 0 Å². The van der Waals surface area contributed by atoms with Crippen LogP contribution in [0.1, 0.15) is 92.9 Å². The van der Waals surface area contributed by atoms with Crippen molar-refractivity contribution >= 4 is 0 Å². The van der Waals surface area contributed by atoms with E-state index in [1.165, 1.54) is 44.1 Å². The van der Waals surface area contributed by atoms with Gasteiger partial charge < -0.3 is 10.2 Å². The van der Waals surface area contributed by atoms with Gasteiger partial charge in [-0.2, -0.15) is 0 Å². The zero-order chi connectivity index (χ0) is 21.8. The molecule has 2 nitrogen and oxygen atoms in total. The molecular weight excluding hydrogens is 368 g/mol. The molecule has 3 fully saturated rings. The van der Waals surface area contributed by atoms with E-state index in [-0.39, 0.29) is 11.5 Å². The Bertz CT molecular complexity index is 705. The first-order valence-corrected chi connectivity index (χ1v) is 12.9. The minimum absolute atomic E-state index is 0.166. The van der Waals surface area contributed by atoms with Crippen LogP contribution in [0.5, 0.6) is 0 Å². The number of fused-ring (bicyclic) bond motifs is 5. The Morgan fingerprint density at radius 3 is 2.40 bits per heavy atom. The second kappa shape index (κ2) is 8.07. The van der Waals surface area contributed by atoms with Gasteiger partial charge in [-0.1, -0.05) is 77.7 Å². The van der Waals surface area contributed by atoms with Crippen LogP contribution in [-0.4, -0.2) is 22.4 Å². The molecule has 4 rings (SSSR count). The maximum atomic E-state index is 11.1. The molecular formula is C28H46O2. The summed E-state index contributed by atoms with van der Waals surface area (Å²) in [5.41, 5.74) is 3.18. The molecule has 4 aliphatic rings. The summed E-state index contributed by atoms with van der Waals surface area (Å²) in [4.78, 5) is 0. The van der Waals surface area contributed by atoms with Crippen LogP contribution >= 0.6 is 0 Å². The molecule has 0 heterocycles. The predicted octanol–water partition coefficient (Wildman–Crippen LogP) is 6.53. The third-order valence-corrected chi connectivity index (χ3v) is 10.6. The van der Waals surface area contributed by atoms with Crippen molar-refractivity contribution in [1.29, 1.82) is 0 Å².